The minimum absolute atomic E-state index is 0.0315. The lowest BCUT2D eigenvalue weighted by atomic mass is 9.58. The average molecular weight is 312 g/mol. The highest BCUT2D eigenvalue weighted by atomic mass is 16.5. The summed E-state index contributed by atoms with van der Waals surface area (Å²) >= 11 is 0. The number of hydrogen-bond acceptors (Lipinski definition) is 3. The molecule has 0 bridgehead atoms. The van der Waals surface area contributed by atoms with Crippen LogP contribution in [0.5, 0.6) is 0 Å². The molecule has 2 rings (SSSR count). The number of methoxy groups -OCH3 is 1. The van der Waals surface area contributed by atoms with Gasteiger partial charge in [-0.2, -0.15) is 0 Å². The minimum Gasteiger partial charge on any atom is -0.481 e. The number of rotatable bonds is 5. The Kier molecular flexibility index (Phi) is 5.32. The third-order valence-electron chi connectivity index (χ3n) is 5.82. The Hall–Kier alpha value is -1.30. The number of urea groups is 1. The largest absolute Gasteiger partial charge is 0.481 e. The molecular formula is C16H28N2O4. The summed E-state index contributed by atoms with van der Waals surface area (Å²) in [5.41, 5.74) is 0.0315. The standard InChI is InChI=1S/C16H28N2O4/c1-4-16(5-2)12(10-13(16)22-3)17-15(21)18-8-6-11(7-9-18)14(19)20/h11-13H,4-10H2,1-3H3,(H,17,21)(H,19,20). The number of amides is 2. The maximum absolute atomic E-state index is 12.4. The first-order chi connectivity index (χ1) is 10.5. The number of piperidine rings is 1. The number of nitrogens with zero attached hydrogens (tertiary/aromatic N) is 1. The molecule has 2 atom stereocenters. The van der Waals surface area contributed by atoms with Gasteiger partial charge in [0.25, 0.3) is 0 Å². The second-order valence-corrected chi connectivity index (χ2v) is 6.50. The molecule has 2 amide bonds. The maximum Gasteiger partial charge on any atom is 0.317 e. The fourth-order valence-electron chi connectivity index (χ4n) is 4.05. The number of carboxylic acids is 1. The molecule has 1 saturated heterocycles. The highest BCUT2D eigenvalue weighted by molar-refractivity contribution is 5.76. The first-order valence-electron chi connectivity index (χ1n) is 8.29. The van der Waals surface area contributed by atoms with E-state index < -0.39 is 5.97 Å². The molecule has 22 heavy (non-hydrogen) atoms. The van der Waals surface area contributed by atoms with Gasteiger partial charge in [0.05, 0.1) is 12.0 Å². The van der Waals surface area contributed by atoms with Gasteiger partial charge in [0, 0.05) is 31.7 Å². The van der Waals surface area contributed by atoms with Crippen molar-refractivity contribution in [3.63, 3.8) is 0 Å². The first kappa shape index (κ1) is 17.1. The fraction of sp³-hybridized carbons (Fsp3) is 0.875. The van der Waals surface area contributed by atoms with Gasteiger partial charge in [-0.25, -0.2) is 4.79 Å². The van der Waals surface area contributed by atoms with E-state index >= 15 is 0 Å². The summed E-state index contributed by atoms with van der Waals surface area (Å²) in [6.45, 7) is 5.33. The van der Waals surface area contributed by atoms with Gasteiger partial charge >= 0.3 is 12.0 Å². The Morgan fingerprint density at radius 2 is 1.86 bits per heavy atom. The summed E-state index contributed by atoms with van der Waals surface area (Å²) in [6, 6.07) is 0.0896. The van der Waals surface area contributed by atoms with Crippen molar-refractivity contribution in [1.82, 2.24) is 10.2 Å². The van der Waals surface area contributed by atoms with Gasteiger partial charge in [0.2, 0.25) is 0 Å². The molecular weight excluding hydrogens is 284 g/mol. The van der Waals surface area contributed by atoms with Gasteiger partial charge in [-0.05, 0) is 32.1 Å². The second-order valence-electron chi connectivity index (χ2n) is 6.50. The molecule has 1 heterocycles. The Bertz CT molecular complexity index is 414. The third-order valence-corrected chi connectivity index (χ3v) is 5.82. The zero-order valence-electron chi connectivity index (χ0n) is 13.8. The van der Waals surface area contributed by atoms with Gasteiger partial charge in [-0.1, -0.05) is 13.8 Å². The molecule has 2 fully saturated rings. The zero-order valence-corrected chi connectivity index (χ0v) is 13.8. The van der Waals surface area contributed by atoms with E-state index in [-0.39, 0.29) is 29.5 Å². The number of carbonyl (C=O) groups is 2. The number of aliphatic carboxylic acids is 1. The van der Waals surface area contributed by atoms with Crippen LogP contribution < -0.4 is 5.32 Å². The molecule has 6 nitrogen and oxygen atoms in total. The molecule has 2 unspecified atom stereocenters. The van der Waals surface area contributed by atoms with E-state index in [2.05, 4.69) is 19.2 Å². The van der Waals surface area contributed by atoms with Gasteiger partial charge in [-0.3, -0.25) is 4.79 Å². The van der Waals surface area contributed by atoms with E-state index in [1.807, 2.05) is 0 Å². The molecule has 2 N–H and O–H groups in total. The van der Waals surface area contributed by atoms with Crippen molar-refractivity contribution in [3.8, 4) is 0 Å². The van der Waals surface area contributed by atoms with Crippen molar-refractivity contribution in [2.24, 2.45) is 11.3 Å². The van der Waals surface area contributed by atoms with E-state index in [1.54, 1.807) is 12.0 Å². The summed E-state index contributed by atoms with van der Waals surface area (Å²) < 4.78 is 5.55. The number of carboxylic acid groups (broad SMARTS) is 1. The number of hydrogen-bond donors (Lipinski definition) is 2. The molecule has 0 radical (unpaired) electrons. The van der Waals surface area contributed by atoms with Crippen LogP contribution in [0.4, 0.5) is 4.79 Å². The van der Waals surface area contributed by atoms with Crippen LogP contribution in [0.2, 0.25) is 0 Å². The van der Waals surface area contributed by atoms with Crippen molar-refractivity contribution >= 4 is 12.0 Å². The van der Waals surface area contributed by atoms with Crippen LogP contribution in [0.3, 0.4) is 0 Å². The third kappa shape index (κ3) is 2.93. The van der Waals surface area contributed by atoms with Crippen molar-refractivity contribution in [1.29, 1.82) is 0 Å². The van der Waals surface area contributed by atoms with Crippen LogP contribution in [0.25, 0.3) is 0 Å². The summed E-state index contributed by atoms with van der Waals surface area (Å²) in [6.07, 6.45) is 4.12. The molecule has 0 spiro atoms. The summed E-state index contributed by atoms with van der Waals surface area (Å²) in [7, 11) is 1.74. The number of nitrogens with one attached hydrogen (secondary N) is 1. The van der Waals surface area contributed by atoms with Crippen LogP contribution >= 0.6 is 0 Å². The Balaban J connectivity index is 1.89. The molecule has 0 aromatic heterocycles. The van der Waals surface area contributed by atoms with E-state index in [0.717, 1.165) is 19.3 Å². The van der Waals surface area contributed by atoms with Crippen LogP contribution in [0, 0.1) is 11.3 Å². The Labute approximate surface area is 132 Å². The predicted molar refractivity (Wildman–Crippen MR) is 82.7 cm³/mol. The second kappa shape index (κ2) is 6.86. The van der Waals surface area contributed by atoms with Crippen LogP contribution in [-0.4, -0.2) is 54.4 Å². The van der Waals surface area contributed by atoms with Crippen LogP contribution in [0.15, 0.2) is 0 Å². The molecule has 0 aromatic rings. The fourth-order valence-corrected chi connectivity index (χ4v) is 4.05. The SMILES string of the molecule is CCC1(CC)C(NC(=O)N2CCC(C(=O)O)CC2)CC1OC. The predicted octanol–water partition coefficient (Wildman–Crippen LogP) is 2.09. The molecule has 6 heteroatoms. The Morgan fingerprint density at radius 1 is 1.27 bits per heavy atom. The lowest BCUT2D eigenvalue weighted by Crippen LogP contribution is -2.65. The molecule has 1 aliphatic heterocycles. The van der Waals surface area contributed by atoms with Crippen LogP contribution in [0.1, 0.15) is 46.0 Å². The van der Waals surface area contributed by atoms with Crippen molar-refractivity contribution < 1.29 is 19.4 Å². The summed E-state index contributed by atoms with van der Waals surface area (Å²) in [5.74, 6) is -1.06. The van der Waals surface area contributed by atoms with Gasteiger partial charge in [-0.15, -0.1) is 0 Å². The molecule has 0 aromatic carbocycles. The first-order valence-corrected chi connectivity index (χ1v) is 8.29. The monoisotopic (exact) mass is 312 g/mol. The lowest BCUT2D eigenvalue weighted by Gasteiger charge is -2.55. The normalized spacial score (nSPS) is 28.0. The highest BCUT2D eigenvalue weighted by Gasteiger charge is 2.53. The number of carbonyl (C=O) groups excluding carboxylic acids is 1. The highest BCUT2D eigenvalue weighted by Crippen LogP contribution is 2.48. The number of likely N-dealkylation sites (tertiary alicyclic amines) is 1. The van der Waals surface area contributed by atoms with E-state index in [0.29, 0.717) is 25.9 Å². The molecule has 1 saturated carbocycles. The van der Waals surface area contributed by atoms with Gasteiger partial charge < -0.3 is 20.1 Å². The van der Waals surface area contributed by atoms with E-state index in [9.17, 15) is 9.59 Å². The van der Waals surface area contributed by atoms with E-state index in [4.69, 9.17) is 9.84 Å². The summed E-state index contributed by atoms with van der Waals surface area (Å²) in [5, 5.41) is 12.2. The number of ether oxygens (including phenoxy) is 1. The summed E-state index contributed by atoms with van der Waals surface area (Å²) in [4.78, 5) is 25.1. The van der Waals surface area contributed by atoms with Crippen LogP contribution in [-0.2, 0) is 9.53 Å². The molecule has 126 valence electrons. The average Bonchev–Trinajstić information content (AvgIpc) is 2.52. The van der Waals surface area contributed by atoms with Crippen molar-refractivity contribution in [3.05, 3.63) is 0 Å². The maximum atomic E-state index is 12.4. The van der Waals surface area contributed by atoms with Gasteiger partial charge in [0.1, 0.15) is 0 Å². The van der Waals surface area contributed by atoms with Crippen molar-refractivity contribution in [2.75, 3.05) is 20.2 Å². The molecule has 1 aliphatic carbocycles. The molecule has 2 aliphatic rings. The van der Waals surface area contributed by atoms with Gasteiger partial charge in [0.15, 0.2) is 0 Å². The minimum atomic E-state index is -0.752. The smallest absolute Gasteiger partial charge is 0.317 e. The lowest BCUT2D eigenvalue weighted by molar-refractivity contribution is -0.143. The Morgan fingerprint density at radius 3 is 2.32 bits per heavy atom. The quantitative estimate of drug-likeness (QED) is 0.814. The topological polar surface area (TPSA) is 78.9 Å². The van der Waals surface area contributed by atoms with Crippen molar-refractivity contribution in [2.45, 2.75) is 58.1 Å². The zero-order chi connectivity index (χ0) is 16.3. The van der Waals surface area contributed by atoms with E-state index in [1.165, 1.54) is 0 Å².